The summed E-state index contributed by atoms with van der Waals surface area (Å²) < 4.78 is 12.5. The molecule has 0 aliphatic rings. The second-order valence-electron chi connectivity index (χ2n) is 13.2. The summed E-state index contributed by atoms with van der Waals surface area (Å²) in [7, 11) is 0. The fraction of sp³-hybridized carbons (Fsp3) is 0. The van der Waals surface area contributed by atoms with Crippen LogP contribution in [-0.2, 0) is 0 Å². The number of oxazole rings is 1. The first kappa shape index (κ1) is 30.6. The second-order valence-corrected chi connectivity index (χ2v) is 13.2. The Kier molecular flexibility index (Phi) is 7.43. The van der Waals surface area contributed by atoms with Gasteiger partial charge >= 0.3 is 0 Å². The molecule has 2 heterocycles. The molecule has 0 N–H and O–H groups in total. The van der Waals surface area contributed by atoms with Crippen molar-refractivity contribution in [1.82, 2.24) is 4.98 Å². The highest BCUT2D eigenvalue weighted by Gasteiger charge is 2.16. The van der Waals surface area contributed by atoms with Gasteiger partial charge in [-0.2, -0.15) is 0 Å². The third-order valence-corrected chi connectivity index (χ3v) is 9.92. The zero-order valence-corrected chi connectivity index (χ0v) is 28.7. The maximum Gasteiger partial charge on any atom is 0.227 e. The van der Waals surface area contributed by atoms with Gasteiger partial charge in [0.15, 0.2) is 5.58 Å². The lowest BCUT2D eigenvalue weighted by atomic mass is 10.0. The van der Waals surface area contributed by atoms with Gasteiger partial charge in [-0.05, 0) is 100 Å². The molecule has 2 aromatic heterocycles. The lowest BCUT2D eigenvalue weighted by Crippen LogP contribution is -2.09. The smallest absolute Gasteiger partial charge is 0.227 e. The van der Waals surface area contributed by atoms with Crippen molar-refractivity contribution in [3.05, 3.63) is 194 Å². The predicted octanol–water partition coefficient (Wildman–Crippen LogP) is 13.9. The Morgan fingerprint density at radius 3 is 1.28 bits per heavy atom. The number of hydrogen-bond acceptors (Lipinski definition) is 4. The SMILES string of the molecule is c1ccc(-c2ccc(N(c3ccc(-c4ccccc4)cc3)c3ccc(-c4ccc5oc6cc7nc(-c8ccccc8)oc7cc6c5c4)cc3)cc2)cc1. The van der Waals surface area contributed by atoms with Crippen molar-refractivity contribution in [2.75, 3.05) is 4.90 Å². The van der Waals surface area contributed by atoms with Crippen LogP contribution >= 0.6 is 0 Å². The monoisotopic (exact) mass is 680 g/mol. The van der Waals surface area contributed by atoms with Crippen molar-refractivity contribution >= 4 is 50.1 Å². The molecule has 8 aromatic carbocycles. The molecule has 4 heteroatoms. The van der Waals surface area contributed by atoms with Crippen molar-refractivity contribution in [2.24, 2.45) is 0 Å². The van der Waals surface area contributed by atoms with Crippen molar-refractivity contribution in [1.29, 1.82) is 0 Å². The quantitative estimate of drug-likeness (QED) is 0.168. The molecule has 0 aliphatic heterocycles. The van der Waals surface area contributed by atoms with Gasteiger partial charge in [-0.3, -0.25) is 0 Å². The Balaban J connectivity index is 1.01. The van der Waals surface area contributed by atoms with E-state index in [2.05, 4.69) is 157 Å². The molecule has 0 fully saturated rings. The molecule has 0 amide bonds. The summed E-state index contributed by atoms with van der Waals surface area (Å²) in [5.74, 6) is 0.603. The fourth-order valence-corrected chi connectivity index (χ4v) is 7.20. The van der Waals surface area contributed by atoms with Crippen LogP contribution in [0.25, 0.3) is 77.9 Å². The van der Waals surface area contributed by atoms with Gasteiger partial charge in [-0.15, -0.1) is 0 Å². The highest BCUT2D eigenvalue weighted by atomic mass is 16.4. The molecular weight excluding hydrogens is 649 g/mol. The summed E-state index contributed by atoms with van der Waals surface area (Å²) in [6.45, 7) is 0. The van der Waals surface area contributed by atoms with Crippen LogP contribution in [-0.4, -0.2) is 4.98 Å². The summed E-state index contributed by atoms with van der Waals surface area (Å²) >= 11 is 0. The number of aromatic nitrogens is 1. The van der Waals surface area contributed by atoms with Gasteiger partial charge in [0.2, 0.25) is 5.89 Å². The zero-order valence-electron chi connectivity index (χ0n) is 28.7. The number of anilines is 3. The first-order chi connectivity index (χ1) is 26.2. The molecule has 4 nitrogen and oxygen atoms in total. The minimum Gasteiger partial charge on any atom is -0.456 e. The molecule has 10 aromatic rings. The van der Waals surface area contributed by atoms with Gasteiger partial charge in [0, 0.05) is 39.5 Å². The van der Waals surface area contributed by atoms with Crippen LogP contribution in [0.2, 0.25) is 0 Å². The molecule has 0 bridgehead atoms. The third-order valence-electron chi connectivity index (χ3n) is 9.92. The third kappa shape index (κ3) is 5.73. The molecule has 0 saturated heterocycles. The van der Waals surface area contributed by atoms with Gasteiger partial charge in [-0.1, -0.05) is 121 Å². The number of furan rings is 1. The highest BCUT2D eigenvalue weighted by molar-refractivity contribution is 6.10. The molecule has 0 aliphatic carbocycles. The summed E-state index contributed by atoms with van der Waals surface area (Å²) in [4.78, 5) is 7.05. The van der Waals surface area contributed by atoms with Crippen molar-refractivity contribution in [3.63, 3.8) is 0 Å². The number of rotatable bonds is 7. The van der Waals surface area contributed by atoms with E-state index in [1.807, 2.05) is 42.5 Å². The summed E-state index contributed by atoms with van der Waals surface area (Å²) in [5, 5.41) is 2.05. The topological polar surface area (TPSA) is 42.4 Å². The van der Waals surface area contributed by atoms with Crippen LogP contribution in [0.15, 0.2) is 203 Å². The van der Waals surface area contributed by atoms with Crippen molar-refractivity contribution < 1.29 is 8.83 Å². The zero-order chi connectivity index (χ0) is 35.1. The van der Waals surface area contributed by atoms with Crippen LogP contribution in [0.5, 0.6) is 0 Å². The van der Waals surface area contributed by atoms with Gasteiger partial charge in [0.05, 0.1) is 0 Å². The molecular formula is C49H32N2O2. The molecule has 0 spiro atoms. The van der Waals surface area contributed by atoms with E-state index in [0.717, 1.165) is 66.8 Å². The maximum atomic E-state index is 6.30. The number of hydrogen-bond donors (Lipinski definition) is 0. The number of benzene rings is 8. The summed E-state index contributed by atoms with van der Waals surface area (Å²) in [5.41, 5.74) is 14.3. The van der Waals surface area contributed by atoms with E-state index in [1.54, 1.807) is 0 Å². The van der Waals surface area contributed by atoms with Gasteiger partial charge in [0.1, 0.15) is 16.7 Å². The lowest BCUT2D eigenvalue weighted by molar-refractivity contribution is 0.620. The molecule has 0 atom stereocenters. The Morgan fingerprint density at radius 2 is 0.755 bits per heavy atom. The summed E-state index contributed by atoms with van der Waals surface area (Å²) in [6.07, 6.45) is 0. The standard InChI is InChI=1S/C49H32N2O2/c1-4-10-33(11-5-1)35-16-23-40(24-17-35)51(41-25-18-36(19-26-41)34-12-6-2-7-13-34)42-27-20-37(21-28-42)39-22-29-46-43(30-39)44-31-48-45(32-47(44)52-46)50-49(53-48)38-14-8-3-9-15-38/h1-32H. The average Bonchev–Trinajstić information content (AvgIpc) is 3.82. The van der Waals surface area contributed by atoms with Gasteiger partial charge < -0.3 is 13.7 Å². The molecule has 250 valence electrons. The van der Waals surface area contributed by atoms with E-state index in [-0.39, 0.29) is 0 Å². The second kappa shape index (κ2) is 12.9. The molecule has 0 unspecified atom stereocenters. The molecule has 0 saturated carbocycles. The van der Waals surface area contributed by atoms with E-state index in [0.29, 0.717) is 5.89 Å². The Hall–Kier alpha value is -7.17. The van der Waals surface area contributed by atoms with Crippen LogP contribution < -0.4 is 4.90 Å². The number of fused-ring (bicyclic) bond motifs is 4. The Labute approximate surface area is 306 Å². The van der Waals surface area contributed by atoms with Crippen molar-refractivity contribution in [3.8, 4) is 44.8 Å². The van der Waals surface area contributed by atoms with Gasteiger partial charge in [0.25, 0.3) is 0 Å². The largest absolute Gasteiger partial charge is 0.456 e. The van der Waals surface area contributed by atoms with Crippen LogP contribution in [0, 0.1) is 0 Å². The minimum atomic E-state index is 0.603. The molecule has 53 heavy (non-hydrogen) atoms. The fourth-order valence-electron chi connectivity index (χ4n) is 7.20. The van der Waals surface area contributed by atoms with E-state index < -0.39 is 0 Å². The van der Waals surface area contributed by atoms with Crippen molar-refractivity contribution in [2.45, 2.75) is 0 Å². The first-order valence-electron chi connectivity index (χ1n) is 17.8. The van der Waals surface area contributed by atoms with Gasteiger partial charge in [-0.25, -0.2) is 4.98 Å². The van der Waals surface area contributed by atoms with E-state index in [9.17, 15) is 0 Å². The number of nitrogens with zero attached hydrogens (tertiary/aromatic N) is 2. The predicted molar refractivity (Wildman–Crippen MR) is 218 cm³/mol. The highest BCUT2D eigenvalue weighted by Crippen LogP contribution is 2.39. The normalized spacial score (nSPS) is 11.4. The lowest BCUT2D eigenvalue weighted by Gasteiger charge is -2.26. The maximum absolute atomic E-state index is 6.30. The molecule has 10 rings (SSSR count). The minimum absolute atomic E-state index is 0.603. The Bertz CT molecular complexity index is 2760. The van der Waals surface area contributed by atoms with E-state index in [4.69, 9.17) is 13.8 Å². The summed E-state index contributed by atoms with van der Waals surface area (Å²) in [6, 6.07) is 67.8. The average molecular weight is 681 g/mol. The van der Waals surface area contributed by atoms with E-state index in [1.165, 1.54) is 22.3 Å². The van der Waals surface area contributed by atoms with Crippen LogP contribution in [0.3, 0.4) is 0 Å². The molecule has 0 radical (unpaired) electrons. The van der Waals surface area contributed by atoms with E-state index >= 15 is 0 Å². The van der Waals surface area contributed by atoms with Crippen LogP contribution in [0.1, 0.15) is 0 Å². The van der Waals surface area contributed by atoms with Crippen LogP contribution in [0.4, 0.5) is 17.1 Å². The first-order valence-corrected chi connectivity index (χ1v) is 17.8. The Morgan fingerprint density at radius 1 is 0.321 bits per heavy atom.